The van der Waals surface area contributed by atoms with Crippen molar-refractivity contribution < 1.29 is 26.7 Å². The number of alkyl halides is 3. The van der Waals surface area contributed by atoms with E-state index in [0.717, 1.165) is 23.1 Å². The fourth-order valence-electron chi connectivity index (χ4n) is 4.43. The van der Waals surface area contributed by atoms with Gasteiger partial charge < -0.3 is 10.6 Å². The van der Waals surface area contributed by atoms with E-state index < -0.39 is 35.8 Å². The minimum absolute atomic E-state index is 0.120. The number of carbonyl (C=O) groups is 1. The number of aromatic nitrogens is 5. The summed E-state index contributed by atoms with van der Waals surface area (Å²) in [6.07, 6.45) is -1.84. The first-order valence-electron chi connectivity index (χ1n) is 11.2. The van der Waals surface area contributed by atoms with Crippen molar-refractivity contribution in [3.8, 4) is 0 Å². The first-order valence-corrected chi connectivity index (χ1v) is 11.2. The maximum atomic E-state index is 15.3. The van der Waals surface area contributed by atoms with Crippen molar-refractivity contribution in [2.24, 2.45) is 7.05 Å². The average molecular weight is 529 g/mol. The Kier molecular flexibility index (Phi) is 5.80. The summed E-state index contributed by atoms with van der Waals surface area (Å²) < 4.78 is 72.4. The number of hydrogen-bond acceptors (Lipinski definition) is 5. The van der Waals surface area contributed by atoms with Gasteiger partial charge in [-0.25, -0.2) is 18.7 Å². The second-order valence-electron chi connectivity index (χ2n) is 8.80. The van der Waals surface area contributed by atoms with Gasteiger partial charge in [0.25, 0.3) is 5.91 Å². The number of imidazole rings is 1. The van der Waals surface area contributed by atoms with Crippen molar-refractivity contribution in [2.45, 2.75) is 26.6 Å². The summed E-state index contributed by atoms with van der Waals surface area (Å²) in [5.74, 6) is -2.80. The van der Waals surface area contributed by atoms with Crippen molar-refractivity contribution in [1.29, 1.82) is 0 Å². The molecule has 2 aromatic carbocycles. The molecule has 3 heterocycles. The van der Waals surface area contributed by atoms with Crippen LogP contribution >= 0.6 is 0 Å². The molecule has 0 radical (unpaired) electrons. The maximum absolute atomic E-state index is 15.3. The molecule has 196 valence electrons. The molecule has 0 fully saturated rings. The maximum Gasteiger partial charge on any atom is 0.416 e. The van der Waals surface area contributed by atoms with E-state index in [0.29, 0.717) is 28.5 Å². The molecule has 0 aliphatic rings. The summed E-state index contributed by atoms with van der Waals surface area (Å²) in [7, 11) is 1.63. The van der Waals surface area contributed by atoms with Crippen LogP contribution in [0.25, 0.3) is 16.6 Å². The number of hydrogen-bond donors (Lipinski definition) is 1. The van der Waals surface area contributed by atoms with Crippen molar-refractivity contribution in [2.75, 3.05) is 10.6 Å². The van der Waals surface area contributed by atoms with E-state index in [4.69, 9.17) is 5.73 Å². The summed E-state index contributed by atoms with van der Waals surface area (Å²) in [6, 6.07) is 4.39. The summed E-state index contributed by atoms with van der Waals surface area (Å²) in [6.45, 7) is 2.80. The molecule has 1 amide bonds. The topological polar surface area (TPSA) is 94.3 Å². The van der Waals surface area contributed by atoms with E-state index in [-0.39, 0.29) is 28.1 Å². The van der Waals surface area contributed by atoms with Crippen molar-refractivity contribution in [1.82, 2.24) is 24.1 Å². The van der Waals surface area contributed by atoms with Gasteiger partial charge >= 0.3 is 6.18 Å². The predicted octanol–water partition coefficient (Wildman–Crippen LogP) is 4.96. The number of amides is 1. The molecular formula is C25H20F5N7O. The largest absolute Gasteiger partial charge is 0.416 e. The van der Waals surface area contributed by atoms with Crippen molar-refractivity contribution in [3.05, 3.63) is 82.6 Å². The summed E-state index contributed by atoms with van der Waals surface area (Å²) in [5, 5.41) is 4.28. The summed E-state index contributed by atoms with van der Waals surface area (Å²) >= 11 is 0. The minimum Gasteiger partial charge on any atom is -0.382 e. The summed E-state index contributed by atoms with van der Waals surface area (Å²) in [5.41, 5.74) is 6.35. The van der Waals surface area contributed by atoms with Gasteiger partial charge in [0.1, 0.15) is 23.0 Å². The average Bonchev–Trinajstić information content (AvgIpc) is 3.42. The molecule has 13 heteroatoms. The van der Waals surface area contributed by atoms with E-state index in [1.165, 1.54) is 23.3 Å². The van der Waals surface area contributed by atoms with Gasteiger partial charge in [-0.3, -0.25) is 13.9 Å². The van der Waals surface area contributed by atoms with Crippen LogP contribution in [0.2, 0.25) is 0 Å². The van der Waals surface area contributed by atoms with E-state index in [1.807, 2.05) is 0 Å². The lowest BCUT2D eigenvalue weighted by Crippen LogP contribution is -2.32. The van der Waals surface area contributed by atoms with Gasteiger partial charge in [-0.1, -0.05) is 6.07 Å². The highest BCUT2D eigenvalue weighted by atomic mass is 19.4. The highest BCUT2D eigenvalue weighted by Gasteiger charge is 2.32. The van der Waals surface area contributed by atoms with Gasteiger partial charge in [-0.05, 0) is 32.0 Å². The van der Waals surface area contributed by atoms with Gasteiger partial charge in [0.15, 0.2) is 0 Å². The Morgan fingerprint density at radius 2 is 1.82 bits per heavy atom. The number of benzene rings is 2. The lowest BCUT2D eigenvalue weighted by molar-refractivity contribution is -0.137. The monoisotopic (exact) mass is 529 g/mol. The fraction of sp³-hybridized carbons (Fsp3) is 0.200. The number of nitrogen functional groups attached to an aromatic ring is 1. The van der Waals surface area contributed by atoms with Gasteiger partial charge in [0.2, 0.25) is 0 Å². The predicted molar refractivity (Wildman–Crippen MR) is 129 cm³/mol. The molecule has 0 aliphatic carbocycles. The van der Waals surface area contributed by atoms with E-state index >= 15 is 4.39 Å². The molecule has 38 heavy (non-hydrogen) atoms. The van der Waals surface area contributed by atoms with Crippen molar-refractivity contribution in [3.63, 3.8) is 0 Å². The molecule has 3 aromatic heterocycles. The second-order valence-corrected chi connectivity index (χ2v) is 8.80. The minimum atomic E-state index is -4.74. The molecular weight excluding hydrogens is 509 g/mol. The normalized spacial score (nSPS) is 12.0. The number of aryl methyl sites for hydroxylation is 2. The van der Waals surface area contributed by atoms with Crippen molar-refractivity contribution >= 4 is 34.0 Å². The number of carbonyl (C=O) groups excluding carboxylic acids is 1. The van der Waals surface area contributed by atoms with E-state index in [1.54, 1.807) is 25.3 Å². The molecule has 0 saturated carbocycles. The summed E-state index contributed by atoms with van der Waals surface area (Å²) in [4.78, 5) is 23.2. The number of nitrogens with zero attached hydrogens (tertiary/aromatic N) is 6. The Balaban J connectivity index is 1.66. The molecule has 0 saturated heterocycles. The number of fused-ring (bicyclic) bond motifs is 3. The number of rotatable bonds is 4. The number of anilines is 2. The molecule has 0 atom stereocenters. The standard InChI is InChI=1S/C25H20F5N7O/c1-12-22(13(2)35(3)34-12)36(10-14-4-5-15(6-17(14)26)25(28,29)30)24(38)16-7-20-19(8-18(16)27)33-23(31)21-9-32-11-37(20)21/h4-9,11H,10H2,1-3H3,(H2,31,33). The first-order chi connectivity index (χ1) is 17.9. The van der Waals surface area contributed by atoms with Crippen LogP contribution in [0.5, 0.6) is 0 Å². The third kappa shape index (κ3) is 4.09. The van der Waals surface area contributed by atoms with Crippen LogP contribution in [0.4, 0.5) is 33.5 Å². The molecule has 8 nitrogen and oxygen atoms in total. The fourth-order valence-corrected chi connectivity index (χ4v) is 4.43. The molecule has 5 aromatic rings. The molecule has 0 aliphatic heterocycles. The molecule has 2 N–H and O–H groups in total. The number of nitrogens with two attached hydrogens (primary N) is 1. The molecule has 0 bridgehead atoms. The Morgan fingerprint density at radius 3 is 2.45 bits per heavy atom. The Labute approximate surface area is 212 Å². The molecule has 0 unspecified atom stereocenters. The highest BCUT2D eigenvalue weighted by molar-refractivity contribution is 6.08. The SMILES string of the molecule is Cc1nn(C)c(C)c1N(Cc1ccc(C(F)(F)F)cc1F)C(=O)c1cc2c(cc1F)nc(N)c1cncn12. The van der Waals surface area contributed by atoms with E-state index in [9.17, 15) is 22.4 Å². The number of halogens is 5. The Morgan fingerprint density at radius 1 is 1.08 bits per heavy atom. The van der Waals surface area contributed by atoms with Crippen LogP contribution in [-0.2, 0) is 19.8 Å². The van der Waals surface area contributed by atoms with Gasteiger partial charge in [0.05, 0.1) is 58.3 Å². The van der Waals surface area contributed by atoms with Crippen LogP contribution in [0.1, 0.15) is 32.9 Å². The van der Waals surface area contributed by atoms with E-state index in [2.05, 4.69) is 15.1 Å². The van der Waals surface area contributed by atoms with Gasteiger partial charge in [-0.2, -0.15) is 18.3 Å². The van der Waals surface area contributed by atoms with Gasteiger partial charge in [0, 0.05) is 18.7 Å². The van der Waals surface area contributed by atoms with Crippen LogP contribution in [0.3, 0.4) is 0 Å². The highest BCUT2D eigenvalue weighted by Crippen LogP contribution is 2.33. The van der Waals surface area contributed by atoms with Crippen LogP contribution < -0.4 is 10.6 Å². The lowest BCUT2D eigenvalue weighted by atomic mass is 10.1. The van der Waals surface area contributed by atoms with Crippen LogP contribution in [0.15, 0.2) is 42.9 Å². The second kappa shape index (κ2) is 8.78. The van der Waals surface area contributed by atoms with Crippen LogP contribution in [-0.4, -0.2) is 30.1 Å². The lowest BCUT2D eigenvalue weighted by Gasteiger charge is -2.24. The molecule has 0 spiro atoms. The third-order valence-corrected chi connectivity index (χ3v) is 6.39. The zero-order chi connectivity index (χ0) is 27.5. The molecule has 5 rings (SSSR count). The zero-order valence-corrected chi connectivity index (χ0v) is 20.3. The van der Waals surface area contributed by atoms with Crippen LogP contribution in [0, 0.1) is 25.5 Å². The smallest absolute Gasteiger partial charge is 0.382 e. The Hall–Kier alpha value is -4.55. The Bertz CT molecular complexity index is 1740. The quantitative estimate of drug-likeness (QED) is 0.332. The third-order valence-electron chi connectivity index (χ3n) is 6.39. The zero-order valence-electron chi connectivity index (χ0n) is 20.3. The van der Waals surface area contributed by atoms with Gasteiger partial charge in [-0.15, -0.1) is 0 Å². The first kappa shape index (κ1) is 25.1.